The van der Waals surface area contributed by atoms with Gasteiger partial charge in [0.15, 0.2) is 0 Å². The zero-order valence-corrected chi connectivity index (χ0v) is 12.2. The van der Waals surface area contributed by atoms with Crippen molar-refractivity contribution in [2.24, 2.45) is 0 Å². The van der Waals surface area contributed by atoms with E-state index < -0.39 is 0 Å². The molecule has 1 fully saturated rings. The zero-order valence-electron chi connectivity index (χ0n) is 11.3. The third-order valence-electron chi connectivity index (χ3n) is 4.59. The molecule has 0 spiro atoms. The minimum Gasteiger partial charge on any atom is -0.355 e. The second kappa shape index (κ2) is 4.46. The first-order chi connectivity index (χ1) is 8.60. The molecular formula is C15H22N2S. The SMILES string of the molecule is CN1CCC[C@@H]1C(C)(S)N1CCc2ccccc21. The summed E-state index contributed by atoms with van der Waals surface area (Å²) in [6.45, 7) is 4.59. The Morgan fingerprint density at radius 3 is 2.78 bits per heavy atom. The van der Waals surface area contributed by atoms with Crippen LogP contribution in [0.1, 0.15) is 25.3 Å². The predicted molar refractivity (Wildman–Crippen MR) is 80.5 cm³/mol. The molecule has 3 heteroatoms. The van der Waals surface area contributed by atoms with E-state index >= 15 is 0 Å². The van der Waals surface area contributed by atoms with Crippen LogP contribution in [-0.4, -0.2) is 35.9 Å². The molecule has 0 N–H and O–H groups in total. The third-order valence-corrected chi connectivity index (χ3v) is 5.12. The van der Waals surface area contributed by atoms with E-state index in [1.807, 2.05) is 0 Å². The lowest BCUT2D eigenvalue weighted by molar-refractivity contribution is 0.257. The topological polar surface area (TPSA) is 6.48 Å². The first kappa shape index (κ1) is 12.4. The van der Waals surface area contributed by atoms with Crippen molar-refractivity contribution in [1.82, 2.24) is 4.90 Å². The Balaban J connectivity index is 1.91. The third kappa shape index (κ3) is 1.84. The van der Waals surface area contributed by atoms with E-state index in [9.17, 15) is 0 Å². The molecule has 3 rings (SSSR count). The molecule has 1 unspecified atom stereocenters. The van der Waals surface area contributed by atoms with E-state index in [0.717, 1.165) is 13.0 Å². The average Bonchev–Trinajstić information content (AvgIpc) is 2.95. The van der Waals surface area contributed by atoms with Crippen molar-refractivity contribution in [2.45, 2.75) is 37.1 Å². The number of rotatable bonds is 2. The number of fused-ring (bicyclic) bond motifs is 1. The Hall–Kier alpha value is -0.670. The van der Waals surface area contributed by atoms with Gasteiger partial charge in [-0.15, -0.1) is 12.6 Å². The highest BCUT2D eigenvalue weighted by atomic mass is 32.1. The minimum atomic E-state index is -0.0716. The fourth-order valence-electron chi connectivity index (χ4n) is 3.59. The van der Waals surface area contributed by atoms with Crippen molar-refractivity contribution in [3.63, 3.8) is 0 Å². The molecule has 0 amide bonds. The van der Waals surface area contributed by atoms with Gasteiger partial charge in [-0.05, 0) is 51.4 Å². The van der Waals surface area contributed by atoms with Gasteiger partial charge in [0.25, 0.3) is 0 Å². The molecule has 18 heavy (non-hydrogen) atoms. The summed E-state index contributed by atoms with van der Waals surface area (Å²) in [5.74, 6) is 0. The molecule has 2 heterocycles. The predicted octanol–water partition coefficient (Wildman–Crippen LogP) is 2.79. The lowest BCUT2D eigenvalue weighted by atomic mass is 10.0. The van der Waals surface area contributed by atoms with E-state index in [1.165, 1.54) is 30.6 Å². The number of hydrogen-bond donors (Lipinski definition) is 1. The number of likely N-dealkylation sites (tertiary alicyclic amines) is 1. The Bertz CT molecular complexity index is 444. The Morgan fingerprint density at radius 2 is 2.06 bits per heavy atom. The van der Waals surface area contributed by atoms with Gasteiger partial charge in [-0.2, -0.15) is 0 Å². The monoisotopic (exact) mass is 262 g/mol. The second-order valence-electron chi connectivity index (χ2n) is 5.76. The van der Waals surface area contributed by atoms with Gasteiger partial charge in [0.2, 0.25) is 0 Å². The van der Waals surface area contributed by atoms with E-state index in [2.05, 4.69) is 48.0 Å². The van der Waals surface area contributed by atoms with Gasteiger partial charge in [-0.25, -0.2) is 0 Å². The number of nitrogens with zero attached hydrogens (tertiary/aromatic N) is 2. The quantitative estimate of drug-likeness (QED) is 0.819. The van der Waals surface area contributed by atoms with E-state index in [4.69, 9.17) is 12.6 Å². The molecule has 0 saturated carbocycles. The van der Waals surface area contributed by atoms with Crippen LogP contribution in [0.25, 0.3) is 0 Å². The Labute approximate surface area is 115 Å². The molecule has 1 saturated heterocycles. The minimum absolute atomic E-state index is 0.0716. The number of benzene rings is 1. The van der Waals surface area contributed by atoms with Crippen LogP contribution in [0.15, 0.2) is 24.3 Å². The lowest BCUT2D eigenvalue weighted by Gasteiger charge is -2.44. The fourth-order valence-corrected chi connectivity index (χ4v) is 4.12. The summed E-state index contributed by atoms with van der Waals surface area (Å²) in [5, 5.41) is 0. The fraction of sp³-hybridized carbons (Fsp3) is 0.600. The van der Waals surface area contributed by atoms with Crippen LogP contribution < -0.4 is 4.90 Å². The van der Waals surface area contributed by atoms with Crippen LogP contribution in [0.3, 0.4) is 0 Å². The number of likely N-dealkylation sites (N-methyl/N-ethyl adjacent to an activating group) is 1. The summed E-state index contributed by atoms with van der Waals surface area (Å²) in [6, 6.07) is 9.31. The molecule has 0 bridgehead atoms. The van der Waals surface area contributed by atoms with Gasteiger partial charge < -0.3 is 9.80 Å². The van der Waals surface area contributed by atoms with Crippen LogP contribution >= 0.6 is 12.6 Å². The molecule has 2 atom stereocenters. The Morgan fingerprint density at radius 1 is 1.28 bits per heavy atom. The maximum absolute atomic E-state index is 5.05. The summed E-state index contributed by atoms with van der Waals surface area (Å²) >= 11 is 5.05. The highest BCUT2D eigenvalue weighted by Gasteiger charge is 2.42. The van der Waals surface area contributed by atoms with E-state index in [1.54, 1.807) is 0 Å². The second-order valence-corrected chi connectivity index (χ2v) is 6.67. The summed E-state index contributed by atoms with van der Waals surface area (Å²) in [4.78, 5) is 4.89. The number of anilines is 1. The maximum Gasteiger partial charge on any atom is 0.0959 e. The summed E-state index contributed by atoms with van der Waals surface area (Å²) in [7, 11) is 2.23. The van der Waals surface area contributed by atoms with Crippen molar-refractivity contribution < 1.29 is 0 Å². The van der Waals surface area contributed by atoms with Crippen LogP contribution in [0.5, 0.6) is 0 Å². The molecule has 0 aromatic heterocycles. The van der Waals surface area contributed by atoms with E-state index in [-0.39, 0.29) is 4.87 Å². The van der Waals surface area contributed by atoms with Crippen LogP contribution in [0, 0.1) is 0 Å². The van der Waals surface area contributed by atoms with Crippen molar-refractivity contribution in [3.05, 3.63) is 29.8 Å². The van der Waals surface area contributed by atoms with Gasteiger partial charge in [0.05, 0.1) is 4.87 Å². The van der Waals surface area contributed by atoms with Gasteiger partial charge in [0, 0.05) is 18.3 Å². The number of thiol groups is 1. The molecule has 2 aliphatic heterocycles. The highest BCUT2D eigenvalue weighted by Crippen LogP contribution is 2.40. The summed E-state index contributed by atoms with van der Waals surface area (Å²) in [5.41, 5.74) is 2.86. The number of hydrogen-bond acceptors (Lipinski definition) is 3. The van der Waals surface area contributed by atoms with Crippen LogP contribution in [0.2, 0.25) is 0 Å². The smallest absolute Gasteiger partial charge is 0.0959 e. The van der Waals surface area contributed by atoms with Crippen molar-refractivity contribution in [1.29, 1.82) is 0 Å². The first-order valence-corrected chi connectivity index (χ1v) is 7.33. The van der Waals surface area contributed by atoms with Crippen molar-refractivity contribution in [3.8, 4) is 0 Å². The van der Waals surface area contributed by atoms with Gasteiger partial charge in [0.1, 0.15) is 0 Å². The molecule has 2 nitrogen and oxygen atoms in total. The molecule has 1 aromatic rings. The van der Waals surface area contributed by atoms with Crippen LogP contribution in [0.4, 0.5) is 5.69 Å². The van der Waals surface area contributed by atoms with Crippen molar-refractivity contribution in [2.75, 3.05) is 25.0 Å². The largest absolute Gasteiger partial charge is 0.355 e. The zero-order chi connectivity index (χ0) is 12.8. The van der Waals surface area contributed by atoms with Gasteiger partial charge >= 0.3 is 0 Å². The summed E-state index contributed by atoms with van der Waals surface area (Å²) < 4.78 is 0. The molecule has 0 aliphatic carbocycles. The standard InChI is InChI=1S/C15H22N2S/c1-15(18,14-8-5-10-16(14)2)17-11-9-12-6-3-4-7-13(12)17/h3-4,6-7,14,18H,5,8-11H2,1-2H3/t14-,15?/m1/s1. The maximum atomic E-state index is 5.05. The molecule has 1 aromatic carbocycles. The normalized spacial score (nSPS) is 27.3. The van der Waals surface area contributed by atoms with Crippen molar-refractivity contribution >= 4 is 18.3 Å². The number of para-hydroxylation sites is 1. The molecule has 98 valence electrons. The summed E-state index contributed by atoms with van der Waals surface area (Å²) in [6.07, 6.45) is 3.71. The van der Waals surface area contributed by atoms with Crippen LogP contribution in [-0.2, 0) is 6.42 Å². The molecule has 0 radical (unpaired) electrons. The first-order valence-electron chi connectivity index (χ1n) is 6.89. The Kier molecular flexibility index (Phi) is 3.07. The molecule has 2 aliphatic rings. The lowest BCUT2D eigenvalue weighted by Crippen LogP contribution is -2.54. The highest BCUT2D eigenvalue weighted by molar-refractivity contribution is 7.82. The molecular weight excluding hydrogens is 240 g/mol. The van der Waals surface area contributed by atoms with Gasteiger partial charge in [-0.3, -0.25) is 0 Å². The van der Waals surface area contributed by atoms with E-state index in [0.29, 0.717) is 6.04 Å². The average molecular weight is 262 g/mol. The van der Waals surface area contributed by atoms with Gasteiger partial charge in [-0.1, -0.05) is 18.2 Å².